The zero-order valence-electron chi connectivity index (χ0n) is 7.20. The molecular weight excluding hydrogens is 238 g/mol. The van der Waals surface area contributed by atoms with Crippen molar-refractivity contribution in [3.05, 3.63) is 46.0 Å². The molecule has 13 heavy (non-hydrogen) atoms. The molecule has 0 radical (unpaired) electrons. The third-order valence-corrected chi connectivity index (χ3v) is 2.31. The minimum Gasteiger partial charge on any atom is -0.206 e. The second-order valence-corrected chi connectivity index (χ2v) is 3.80. The molecule has 0 nitrogen and oxygen atoms in total. The Bertz CT molecular complexity index is 322. The number of allylic oxidation sites excluding steroid dienone is 1. The van der Waals surface area contributed by atoms with Crippen molar-refractivity contribution in [1.82, 2.24) is 0 Å². The van der Waals surface area contributed by atoms with E-state index in [1.807, 2.05) is 6.92 Å². The molecule has 1 aromatic carbocycles. The standard InChI is InChI=1S/C10H9BrF2/c1-6(2)3-7-4-8(12)10(11)9(13)5-7/h4-5H,1,3H2,2H3. The van der Waals surface area contributed by atoms with Gasteiger partial charge < -0.3 is 0 Å². The van der Waals surface area contributed by atoms with Crippen molar-refractivity contribution < 1.29 is 8.78 Å². The van der Waals surface area contributed by atoms with E-state index in [0.717, 1.165) is 5.57 Å². The summed E-state index contributed by atoms with van der Waals surface area (Å²) in [6, 6.07) is 2.61. The third kappa shape index (κ3) is 2.62. The van der Waals surface area contributed by atoms with Crippen molar-refractivity contribution in [2.75, 3.05) is 0 Å². The van der Waals surface area contributed by atoms with Crippen molar-refractivity contribution in [2.45, 2.75) is 13.3 Å². The van der Waals surface area contributed by atoms with E-state index in [-0.39, 0.29) is 4.47 Å². The molecular formula is C10H9BrF2. The molecule has 0 spiro atoms. The van der Waals surface area contributed by atoms with Crippen LogP contribution in [0.15, 0.2) is 28.8 Å². The predicted molar refractivity (Wildman–Crippen MR) is 52.6 cm³/mol. The van der Waals surface area contributed by atoms with Gasteiger partial charge in [-0.15, -0.1) is 0 Å². The summed E-state index contributed by atoms with van der Waals surface area (Å²) in [5.74, 6) is -1.15. The molecule has 0 amide bonds. The van der Waals surface area contributed by atoms with Gasteiger partial charge in [-0.1, -0.05) is 12.2 Å². The lowest BCUT2D eigenvalue weighted by atomic mass is 10.1. The molecule has 0 saturated carbocycles. The number of halogens is 3. The molecule has 1 rings (SSSR count). The van der Waals surface area contributed by atoms with E-state index in [4.69, 9.17) is 0 Å². The van der Waals surface area contributed by atoms with Crippen LogP contribution in [0.1, 0.15) is 12.5 Å². The zero-order chi connectivity index (χ0) is 10.0. The fourth-order valence-electron chi connectivity index (χ4n) is 1.06. The molecule has 0 aliphatic carbocycles. The van der Waals surface area contributed by atoms with Crippen molar-refractivity contribution in [3.8, 4) is 0 Å². The molecule has 0 aliphatic rings. The lowest BCUT2D eigenvalue weighted by molar-refractivity contribution is 0.569. The summed E-state index contributed by atoms with van der Waals surface area (Å²) in [5.41, 5.74) is 1.48. The van der Waals surface area contributed by atoms with E-state index in [1.54, 1.807) is 0 Å². The van der Waals surface area contributed by atoms with Crippen LogP contribution in [0.4, 0.5) is 8.78 Å². The Labute approximate surface area is 84.4 Å². The average molecular weight is 247 g/mol. The lowest BCUT2D eigenvalue weighted by Gasteiger charge is -2.03. The molecule has 1 aromatic rings. The minimum absolute atomic E-state index is 0.113. The van der Waals surface area contributed by atoms with E-state index in [9.17, 15) is 8.78 Å². The van der Waals surface area contributed by atoms with E-state index in [1.165, 1.54) is 12.1 Å². The first-order chi connectivity index (χ1) is 6.00. The number of rotatable bonds is 2. The maximum absolute atomic E-state index is 13.0. The van der Waals surface area contributed by atoms with Crippen LogP contribution >= 0.6 is 15.9 Å². The molecule has 0 heterocycles. The average Bonchev–Trinajstić information content (AvgIpc) is 1.98. The van der Waals surface area contributed by atoms with Gasteiger partial charge in [0.15, 0.2) is 0 Å². The topological polar surface area (TPSA) is 0 Å². The Morgan fingerprint density at radius 3 is 2.23 bits per heavy atom. The Hall–Kier alpha value is -0.700. The highest BCUT2D eigenvalue weighted by Crippen LogP contribution is 2.22. The highest BCUT2D eigenvalue weighted by atomic mass is 79.9. The second kappa shape index (κ2) is 4.01. The molecule has 0 fully saturated rings. The van der Waals surface area contributed by atoms with Crippen LogP contribution < -0.4 is 0 Å². The summed E-state index contributed by atoms with van der Waals surface area (Å²) >= 11 is 2.81. The van der Waals surface area contributed by atoms with Crippen LogP contribution in [0.5, 0.6) is 0 Å². The second-order valence-electron chi connectivity index (χ2n) is 3.01. The van der Waals surface area contributed by atoms with Gasteiger partial charge in [0.25, 0.3) is 0 Å². The van der Waals surface area contributed by atoms with Gasteiger partial charge in [0.1, 0.15) is 11.6 Å². The fourth-order valence-corrected chi connectivity index (χ4v) is 1.29. The molecule has 70 valence electrons. The largest absolute Gasteiger partial charge is 0.206 e. The van der Waals surface area contributed by atoms with Crippen LogP contribution in [0, 0.1) is 11.6 Å². The molecule has 0 aliphatic heterocycles. The first-order valence-corrected chi connectivity index (χ1v) is 4.58. The van der Waals surface area contributed by atoms with Crippen LogP contribution in [0.25, 0.3) is 0 Å². The first kappa shape index (κ1) is 10.4. The van der Waals surface area contributed by atoms with Gasteiger partial charge in [0.05, 0.1) is 4.47 Å². The third-order valence-electron chi connectivity index (χ3n) is 1.55. The quantitative estimate of drug-likeness (QED) is 0.550. The number of benzene rings is 1. The molecule has 0 bridgehead atoms. The normalized spacial score (nSPS) is 10.2. The van der Waals surface area contributed by atoms with Gasteiger partial charge in [-0.05, 0) is 47.0 Å². The number of hydrogen-bond acceptors (Lipinski definition) is 0. The van der Waals surface area contributed by atoms with Crippen molar-refractivity contribution in [2.24, 2.45) is 0 Å². The molecule has 0 unspecified atom stereocenters. The summed E-state index contributed by atoms with van der Waals surface area (Å²) in [5, 5.41) is 0. The first-order valence-electron chi connectivity index (χ1n) is 3.78. The number of hydrogen-bond donors (Lipinski definition) is 0. The smallest absolute Gasteiger partial charge is 0.140 e. The maximum Gasteiger partial charge on any atom is 0.140 e. The summed E-state index contributed by atoms with van der Waals surface area (Å²) in [7, 11) is 0. The summed E-state index contributed by atoms with van der Waals surface area (Å²) in [6.07, 6.45) is 0.501. The van der Waals surface area contributed by atoms with Crippen molar-refractivity contribution in [1.29, 1.82) is 0 Å². The van der Waals surface area contributed by atoms with Crippen LogP contribution in [0.3, 0.4) is 0 Å². The molecule has 0 aromatic heterocycles. The Balaban J connectivity index is 3.06. The molecule has 0 saturated heterocycles. The zero-order valence-corrected chi connectivity index (χ0v) is 8.79. The van der Waals surface area contributed by atoms with Crippen molar-refractivity contribution >= 4 is 15.9 Å². The molecule has 0 N–H and O–H groups in total. The monoisotopic (exact) mass is 246 g/mol. The minimum atomic E-state index is -0.573. The van der Waals surface area contributed by atoms with Gasteiger partial charge in [-0.3, -0.25) is 0 Å². The summed E-state index contributed by atoms with van der Waals surface area (Å²) in [4.78, 5) is 0. The van der Waals surface area contributed by atoms with Gasteiger partial charge in [-0.25, -0.2) is 8.78 Å². The van der Waals surface area contributed by atoms with E-state index >= 15 is 0 Å². The molecule has 3 heteroatoms. The lowest BCUT2D eigenvalue weighted by Crippen LogP contribution is -1.91. The van der Waals surface area contributed by atoms with Crippen LogP contribution in [-0.2, 0) is 6.42 Å². The van der Waals surface area contributed by atoms with Gasteiger partial charge in [0, 0.05) is 0 Å². The van der Waals surface area contributed by atoms with E-state index < -0.39 is 11.6 Å². The Morgan fingerprint density at radius 2 is 1.85 bits per heavy atom. The van der Waals surface area contributed by atoms with Gasteiger partial charge in [-0.2, -0.15) is 0 Å². The Kier molecular flexibility index (Phi) is 3.20. The highest BCUT2D eigenvalue weighted by Gasteiger charge is 2.07. The molecule has 0 atom stereocenters. The maximum atomic E-state index is 13.0. The summed E-state index contributed by atoms with van der Waals surface area (Å²) < 4.78 is 25.8. The van der Waals surface area contributed by atoms with E-state index in [0.29, 0.717) is 12.0 Å². The van der Waals surface area contributed by atoms with Crippen molar-refractivity contribution in [3.63, 3.8) is 0 Å². The predicted octanol–water partition coefficient (Wildman–Crippen LogP) is 3.85. The van der Waals surface area contributed by atoms with E-state index in [2.05, 4.69) is 22.5 Å². The van der Waals surface area contributed by atoms with Gasteiger partial charge in [0.2, 0.25) is 0 Å². The highest BCUT2D eigenvalue weighted by molar-refractivity contribution is 9.10. The fraction of sp³-hybridized carbons (Fsp3) is 0.200. The Morgan fingerprint density at radius 1 is 1.38 bits per heavy atom. The van der Waals surface area contributed by atoms with Gasteiger partial charge >= 0.3 is 0 Å². The SMILES string of the molecule is C=C(C)Cc1cc(F)c(Br)c(F)c1. The van der Waals surface area contributed by atoms with Crippen LogP contribution in [-0.4, -0.2) is 0 Å². The van der Waals surface area contributed by atoms with Crippen LogP contribution in [0.2, 0.25) is 0 Å². The summed E-state index contributed by atoms with van der Waals surface area (Å²) in [6.45, 7) is 5.49.